The van der Waals surface area contributed by atoms with Crippen molar-refractivity contribution in [1.82, 2.24) is 5.32 Å². The third-order valence-electron chi connectivity index (χ3n) is 6.31. The van der Waals surface area contributed by atoms with E-state index >= 15 is 0 Å². The van der Waals surface area contributed by atoms with Crippen LogP contribution >= 0.6 is 0 Å². The minimum atomic E-state index is -0.657. The molecule has 2 aliphatic rings. The number of anilines is 1. The Balaban J connectivity index is 1.44. The highest BCUT2D eigenvalue weighted by atomic mass is 19.1. The summed E-state index contributed by atoms with van der Waals surface area (Å²) in [7, 11) is 0. The van der Waals surface area contributed by atoms with Gasteiger partial charge in [0.2, 0.25) is 5.78 Å². The van der Waals surface area contributed by atoms with Crippen LogP contribution in [0.25, 0.3) is 0 Å². The van der Waals surface area contributed by atoms with Crippen LogP contribution in [0.1, 0.15) is 54.9 Å². The number of rotatable bonds is 7. The van der Waals surface area contributed by atoms with Crippen LogP contribution in [0, 0.1) is 5.82 Å². The van der Waals surface area contributed by atoms with Crippen LogP contribution in [-0.4, -0.2) is 44.0 Å². The first-order valence-electron chi connectivity index (χ1n) is 11.3. The Labute approximate surface area is 187 Å². The summed E-state index contributed by atoms with van der Waals surface area (Å²) in [6.07, 6.45) is 2.93. The summed E-state index contributed by atoms with van der Waals surface area (Å²) in [6.45, 7) is 6.53. The van der Waals surface area contributed by atoms with E-state index in [-0.39, 0.29) is 17.7 Å². The van der Waals surface area contributed by atoms with Gasteiger partial charge in [0.05, 0.1) is 0 Å². The van der Waals surface area contributed by atoms with E-state index < -0.39 is 17.5 Å². The number of amides is 1. The van der Waals surface area contributed by atoms with Gasteiger partial charge >= 0.3 is 0 Å². The molecule has 2 atom stereocenters. The molecule has 2 aromatic carbocycles. The molecule has 7 heteroatoms. The first-order chi connectivity index (χ1) is 15.5. The summed E-state index contributed by atoms with van der Waals surface area (Å²) in [5, 5.41) is 2.84. The monoisotopic (exact) mass is 440 g/mol. The molecule has 0 bridgehead atoms. The molecule has 1 saturated heterocycles. The molecule has 32 heavy (non-hydrogen) atoms. The number of nitrogens with zero attached hydrogens (tertiary/aromatic N) is 1. The van der Waals surface area contributed by atoms with Crippen molar-refractivity contribution in [1.29, 1.82) is 0 Å². The Hall–Kier alpha value is -3.09. The zero-order valence-corrected chi connectivity index (χ0v) is 18.5. The average Bonchev–Trinajstić information content (AvgIpc) is 3.36. The smallest absolute Gasteiger partial charge is 0.292 e. The van der Waals surface area contributed by atoms with Gasteiger partial charge in [0.1, 0.15) is 13.2 Å². The molecular weight excluding hydrogens is 411 g/mol. The van der Waals surface area contributed by atoms with Gasteiger partial charge in [-0.25, -0.2) is 4.39 Å². The molecule has 6 nitrogen and oxygen atoms in total. The van der Waals surface area contributed by atoms with Crippen LogP contribution in [0.2, 0.25) is 0 Å². The van der Waals surface area contributed by atoms with Gasteiger partial charge in [0, 0.05) is 36.3 Å². The maximum Gasteiger partial charge on any atom is 0.292 e. The average molecular weight is 441 g/mol. The number of fused-ring (bicyclic) bond motifs is 1. The lowest BCUT2D eigenvalue weighted by Gasteiger charge is -2.26. The van der Waals surface area contributed by atoms with E-state index in [9.17, 15) is 14.0 Å². The number of Topliss-reactive ketones (excluding diaryl/α,β-unsaturated/α-hetero) is 1. The SMILES string of the molecule is CC[C@@H](NC(=O)C(=O)c1ccc(N2CCCC2)cc1)[C@H](C)c1cc(F)c2c(c1)OCCO2. The molecule has 0 aromatic heterocycles. The topological polar surface area (TPSA) is 67.9 Å². The number of ether oxygens (including phenoxy) is 2. The predicted molar refractivity (Wildman–Crippen MR) is 120 cm³/mol. The summed E-state index contributed by atoms with van der Waals surface area (Å²) in [6, 6.07) is 10.0. The van der Waals surface area contributed by atoms with Crippen LogP contribution in [0.15, 0.2) is 36.4 Å². The number of hydrogen-bond donors (Lipinski definition) is 1. The van der Waals surface area contributed by atoms with Gasteiger partial charge in [-0.15, -0.1) is 0 Å². The second-order valence-corrected chi connectivity index (χ2v) is 8.37. The van der Waals surface area contributed by atoms with Gasteiger partial charge in [0.15, 0.2) is 17.3 Å². The Kier molecular flexibility index (Phi) is 6.63. The highest BCUT2D eigenvalue weighted by Crippen LogP contribution is 2.37. The number of ketones is 1. The molecule has 1 N–H and O–H groups in total. The van der Waals surface area contributed by atoms with Crippen LogP contribution in [0.5, 0.6) is 11.5 Å². The van der Waals surface area contributed by atoms with Crippen molar-refractivity contribution in [2.45, 2.75) is 45.1 Å². The third-order valence-corrected chi connectivity index (χ3v) is 6.31. The lowest BCUT2D eigenvalue weighted by Crippen LogP contribution is -2.41. The van der Waals surface area contributed by atoms with Crippen LogP contribution in [0.3, 0.4) is 0 Å². The maximum absolute atomic E-state index is 14.5. The Bertz CT molecular complexity index is 986. The molecule has 4 rings (SSSR count). The number of benzene rings is 2. The van der Waals surface area contributed by atoms with Crippen molar-refractivity contribution in [3.63, 3.8) is 0 Å². The Morgan fingerprint density at radius 3 is 2.47 bits per heavy atom. The number of hydrogen-bond acceptors (Lipinski definition) is 5. The van der Waals surface area contributed by atoms with Crippen LogP contribution < -0.4 is 19.7 Å². The summed E-state index contributed by atoms with van der Waals surface area (Å²) < 4.78 is 25.3. The summed E-state index contributed by atoms with van der Waals surface area (Å²) in [5.41, 5.74) is 2.11. The fourth-order valence-electron chi connectivity index (χ4n) is 4.37. The first-order valence-corrected chi connectivity index (χ1v) is 11.3. The van der Waals surface area contributed by atoms with E-state index in [2.05, 4.69) is 10.2 Å². The van der Waals surface area contributed by atoms with Crippen molar-refractivity contribution < 1.29 is 23.5 Å². The Morgan fingerprint density at radius 1 is 1.09 bits per heavy atom. The molecule has 0 saturated carbocycles. The molecule has 0 aliphatic carbocycles. The summed E-state index contributed by atoms with van der Waals surface area (Å²) in [5.74, 6) is -1.45. The summed E-state index contributed by atoms with van der Waals surface area (Å²) in [4.78, 5) is 27.7. The molecular formula is C25H29FN2O4. The van der Waals surface area contributed by atoms with E-state index in [4.69, 9.17) is 9.47 Å². The number of carbonyl (C=O) groups is 2. The highest BCUT2D eigenvalue weighted by molar-refractivity contribution is 6.42. The van der Waals surface area contributed by atoms with Gasteiger partial charge < -0.3 is 19.7 Å². The van der Waals surface area contributed by atoms with Crippen molar-refractivity contribution in [2.75, 3.05) is 31.2 Å². The molecule has 0 radical (unpaired) electrons. The van der Waals surface area contributed by atoms with Crippen LogP contribution in [-0.2, 0) is 4.79 Å². The van der Waals surface area contributed by atoms with E-state index in [0.717, 1.165) is 18.8 Å². The van der Waals surface area contributed by atoms with Crippen molar-refractivity contribution >= 4 is 17.4 Å². The van der Waals surface area contributed by atoms with Crippen molar-refractivity contribution in [2.24, 2.45) is 0 Å². The second kappa shape index (κ2) is 9.59. The Morgan fingerprint density at radius 2 is 1.78 bits per heavy atom. The van der Waals surface area contributed by atoms with Crippen molar-refractivity contribution in [3.8, 4) is 11.5 Å². The van der Waals surface area contributed by atoms with E-state index in [1.54, 1.807) is 18.2 Å². The molecule has 0 spiro atoms. The largest absolute Gasteiger partial charge is 0.486 e. The minimum Gasteiger partial charge on any atom is -0.486 e. The summed E-state index contributed by atoms with van der Waals surface area (Å²) >= 11 is 0. The maximum atomic E-state index is 14.5. The zero-order valence-electron chi connectivity index (χ0n) is 18.5. The molecule has 2 aliphatic heterocycles. The van der Waals surface area contributed by atoms with Gasteiger partial charge in [-0.2, -0.15) is 0 Å². The zero-order chi connectivity index (χ0) is 22.7. The normalized spacial score (nSPS) is 17.0. The molecule has 1 amide bonds. The van der Waals surface area contributed by atoms with Gasteiger partial charge in [-0.1, -0.05) is 13.8 Å². The van der Waals surface area contributed by atoms with E-state index in [1.807, 2.05) is 26.0 Å². The third kappa shape index (κ3) is 4.56. The standard InChI is InChI=1S/C25H29FN2O4/c1-3-21(16(2)18-14-20(26)24-22(15-18)31-12-13-32-24)27-25(30)23(29)17-6-8-19(9-7-17)28-10-4-5-11-28/h6-9,14-16,21H,3-5,10-13H2,1-2H3,(H,27,30)/t16-,21-/m1/s1. The fraction of sp³-hybridized carbons (Fsp3) is 0.440. The number of carbonyl (C=O) groups excluding carboxylic acids is 2. The molecule has 170 valence electrons. The predicted octanol–water partition coefficient (Wildman–Crippen LogP) is 4.08. The number of nitrogens with one attached hydrogen (secondary N) is 1. The fourth-order valence-corrected chi connectivity index (χ4v) is 4.37. The van der Waals surface area contributed by atoms with Crippen molar-refractivity contribution in [3.05, 3.63) is 53.3 Å². The molecule has 1 fully saturated rings. The molecule has 2 aromatic rings. The number of halogens is 1. The second-order valence-electron chi connectivity index (χ2n) is 8.37. The van der Waals surface area contributed by atoms with Gasteiger partial charge in [-0.05, 0) is 61.2 Å². The lowest BCUT2D eigenvalue weighted by molar-refractivity contribution is -0.117. The highest BCUT2D eigenvalue weighted by Gasteiger charge is 2.27. The van der Waals surface area contributed by atoms with E-state index in [0.29, 0.717) is 36.5 Å². The molecule has 0 unspecified atom stereocenters. The van der Waals surface area contributed by atoms with Gasteiger partial charge in [0.25, 0.3) is 5.91 Å². The van der Waals surface area contributed by atoms with Gasteiger partial charge in [-0.3, -0.25) is 9.59 Å². The molecule has 2 heterocycles. The first kappa shape index (κ1) is 22.1. The lowest BCUT2D eigenvalue weighted by atomic mass is 9.91. The minimum absolute atomic E-state index is 0.122. The van der Waals surface area contributed by atoms with Crippen LogP contribution in [0.4, 0.5) is 10.1 Å². The quantitative estimate of drug-likeness (QED) is 0.519. The van der Waals surface area contributed by atoms with E-state index in [1.165, 1.54) is 18.9 Å².